The molecular weight excluding hydrogens is 308 g/mol. The molecule has 0 spiro atoms. The van der Waals surface area contributed by atoms with Crippen LogP contribution in [0.25, 0.3) is 0 Å². The number of aryl methyl sites for hydroxylation is 1. The van der Waals surface area contributed by atoms with Crippen molar-refractivity contribution in [2.24, 2.45) is 0 Å². The predicted octanol–water partition coefficient (Wildman–Crippen LogP) is 2.64. The summed E-state index contributed by atoms with van der Waals surface area (Å²) >= 11 is 0. The number of hydrogen-bond donors (Lipinski definition) is 1. The highest BCUT2D eigenvalue weighted by atomic mass is 16.6. The zero-order valence-electron chi connectivity index (χ0n) is 14.8. The molecule has 0 unspecified atom stereocenters. The van der Waals surface area contributed by atoms with Gasteiger partial charge in [0.15, 0.2) is 0 Å². The zero-order valence-corrected chi connectivity index (χ0v) is 14.8. The minimum atomic E-state index is -0.512. The molecule has 1 N–H and O–H groups in total. The first-order valence-electron chi connectivity index (χ1n) is 8.18. The molecule has 0 bridgehead atoms. The molecule has 1 aliphatic heterocycles. The first kappa shape index (κ1) is 18.3. The number of nitrogens with one attached hydrogen (secondary N) is 1. The molecule has 0 atom stereocenters. The Morgan fingerprint density at radius 3 is 2.71 bits per heavy atom. The van der Waals surface area contributed by atoms with Crippen LogP contribution >= 0.6 is 0 Å². The minimum absolute atomic E-state index is 0.0296. The van der Waals surface area contributed by atoms with Crippen molar-refractivity contribution in [1.82, 2.24) is 5.32 Å². The molecule has 24 heavy (non-hydrogen) atoms. The molecular formula is C18H26N2O4. The summed E-state index contributed by atoms with van der Waals surface area (Å²) in [7, 11) is 1.52. The van der Waals surface area contributed by atoms with Crippen molar-refractivity contribution in [3.8, 4) is 0 Å². The van der Waals surface area contributed by atoms with Crippen LogP contribution in [0.3, 0.4) is 0 Å². The van der Waals surface area contributed by atoms with Gasteiger partial charge in [-0.1, -0.05) is 12.1 Å². The van der Waals surface area contributed by atoms with Crippen molar-refractivity contribution < 1.29 is 19.1 Å². The normalized spacial score (nSPS) is 14.1. The van der Waals surface area contributed by atoms with Crippen LogP contribution < -0.4 is 10.2 Å². The molecule has 6 heteroatoms. The average Bonchev–Trinajstić information content (AvgIpc) is 2.50. The Labute approximate surface area is 143 Å². The lowest BCUT2D eigenvalue weighted by Crippen LogP contribution is -2.37. The first-order chi connectivity index (χ1) is 11.3. The molecule has 1 aliphatic rings. The van der Waals surface area contributed by atoms with Gasteiger partial charge < -0.3 is 19.7 Å². The molecule has 0 aromatic heterocycles. The van der Waals surface area contributed by atoms with E-state index >= 15 is 0 Å². The quantitative estimate of drug-likeness (QED) is 0.919. The number of carbonyl (C=O) groups excluding carboxylic acids is 2. The Morgan fingerprint density at radius 2 is 2.04 bits per heavy atom. The van der Waals surface area contributed by atoms with E-state index in [0.29, 0.717) is 13.1 Å². The van der Waals surface area contributed by atoms with Crippen molar-refractivity contribution in [2.45, 2.75) is 45.8 Å². The van der Waals surface area contributed by atoms with E-state index in [1.165, 1.54) is 7.11 Å². The minimum Gasteiger partial charge on any atom is -0.444 e. The van der Waals surface area contributed by atoms with Crippen molar-refractivity contribution in [3.05, 3.63) is 29.3 Å². The summed E-state index contributed by atoms with van der Waals surface area (Å²) in [5.41, 5.74) is 2.53. The Kier molecular flexibility index (Phi) is 5.83. The van der Waals surface area contributed by atoms with Crippen LogP contribution in [0.4, 0.5) is 10.5 Å². The van der Waals surface area contributed by atoms with E-state index in [1.54, 1.807) is 4.90 Å². The number of benzene rings is 1. The van der Waals surface area contributed by atoms with Gasteiger partial charge in [-0.2, -0.15) is 0 Å². The van der Waals surface area contributed by atoms with E-state index in [2.05, 4.69) is 5.32 Å². The monoisotopic (exact) mass is 334 g/mol. The highest BCUT2D eigenvalue weighted by Crippen LogP contribution is 2.28. The number of anilines is 1. The summed E-state index contributed by atoms with van der Waals surface area (Å²) in [5.74, 6) is -0.0296. The van der Waals surface area contributed by atoms with E-state index in [4.69, 9.17) is 9.47 Å². The van der Waals surface area contributed by atoms with E-state index in [1.807, 2.05) is 39.0 Å². The maximum absolute atomic E-state index is 12.1. The Bertz CT molecular complexity index is 608. The van der Waals surface area contributed by atoms with E-state index in [-0.39, 0.29) is 12.5 Å². The van der Waals surface area contributed by atoms with Crippen LogP contribution in [0, 0.1) is 0 Å². The number of alkyl carbamates (subject to hydrolysis) is 1. The van der Waals surface area contributed by atoms with E-state index < -0.39 is 11.7 Å². The van der Waals surface area contributed by atoms with Crippen LogP contribution in [0.2, 0.25) is 0 Å². The second-order valence-corrected chi connectivity index (χ2v) is 6.90. The van der Waals surface area contributed by atoms with Crippen molar-refractivity contribution in [2.75, 3.05) is 25.2 Å². The fraction of sp³-hybridized carbons (Fsp3) is 0.556. The summed E-state index contributed by atoms with van der Waals surface area (Å²) in [6, 6.07) is 5.90. The maximum atomic E-state index is 12.1. The Hall–Kier alpha value is -2.08. The molecule has 6 nitrogen and oxygen atoms in total. The fourth-order valence-corrected chi connectivity index (χ4v) is 2.71. The third kappa shape index (κ3) is 4.96. The lowest BCUT2D eigenvalue weighted by atomic mass is 9.99. The summed E-state index contributed by atoms with van der Waals surface area (Å²) < 4.78 is 10.2. The van der Waals surface area contributed by atoms with Gasteiger partial charge in [0.1, 0.15) is 12.2 Å². The smallest absolute Gasteiger partial charge is 0.407 e. The second kappa shape index (κ2) is 7.66. The number of fused-ring (bicyclic) bond motifs is 1. The number of nitrogens with zero attached hydrogens (tertiary/aromatic N) is 1. The summed E-state index contributed by atoms with van der Waals surface area (Å²) in [6.07, 6.45) is 1.41. The van der Waals surface area contributed by atoms with Gasteiger partial charge in [0.05, 0.1) is 0 Å². The molecule has 2 rings (SSSR count). The highest BCUT2D eigenvalue weighted by Gasteiger charge is 2.22. The fourth-order valence-electron chi connectivity index (χ4n) is 2.71. The highest BCUT2D eigenvalue weighted by molar-refractivity contribution is 5.95. The summed E-state index contributed by atoms with van der Waals surface area (Å²) in [6.45, 7) is 6.69. The molecule has 0 radical (unpaired) electrons. The SMILES string of the molecule is COCC(=O)N1CCCc2cc(CNC(=O)OC(C)(C)C)ccc21. The third-order valence-electron chi connectivity index (χ3n) is 3.67. The number of rotatable bonds is 4. The van der Waals surface area contributed by atoms with Gasteiger partial charge in [0.2, 0.25) is 0 Å². The van der Waals surface area contributed by atoms with Crippen LogP contribution in [0.15, 0.2) is 18.2 Å². The lowest BCUT2D eigenvalue weighted by Gasteiger charge is -2.29. The third-order valence-corrected chi connectivity index (χ3v) is 3.67. The Balaban J connectivity index is 2.03. The van der Waals surface area contributed by atoms with Crippen molar-refractivity contribution >= 4 is 17.7 Å². The Morgan fingerprint density at radius 1 is 1.29 bits per heavy atom. The number of ether oxygens (including phenoxy) is 2. The zero-order chi connectivity index (χ0) is 17.7. The number of carbonyl (C=O) groups is 2. The molecule has 0 saturated carbocycles. The molecule has 0 aliphatic carbocycles. The molecule has 2 amide bonds. The molecule has 1 aromatic carbocycles. The largest absolute Gasteiger partial charge is 0.444 e. The summed E-state index contributed by atoms with van der Waals surface area (Å²) in [4.78, 5) is 25.6. The van der Waals surface area contributed by atoms with E-state index in [0.717, 1.165) is 29.7 Å². The van der Waals surface area contributed by atoms with Gasteiger partial charge in [0, 0.05) is 25.9 Å². The number of hydrogen-bond acceptors (Lipinski definition) is 4. The first-order valence-corrected chi connectivity index (χ1v) is 8.18. The molecule has 1 aromatic rings. The second-order valence-electron chi connectivity index (χ2n) is 6.90. The van der Waals surface area contributed by atoms with Crippen LogP contribution in [0.1, 0.15) is 38.3 Å². The topological polar surface area (TPSA) is 67.9 Å². The summed E-state index contributed by atoms with van der Waals surface area (Å²) in [5, 5.41) is 2.75. The maximum Gasteiger partial charge on any atom is 0.407 e. The lowest BCUT2D eigenvalue weighted by molar-refractivity contribution is -0.122. The standard InChI is InChI=1S/C18H26N2O4/c1-18(2,3)24-17(22)19-11-13-7-8-15-14(10-13)6-5-9-20(15)16(21)12-23-4/h7-8,10H,5-6,9,11-12H2,1-4H3,(H,19,22). The predicted molar refractivity (Wildman–Crippen MR) is 92.1 cm³/mol. The number of methoxy groups -OCH3 is 1. The van der Waals surface area contributed by atoms with Gasteiger partial charge in [-0.05, 0) is 50.8 Å². The van der Waals surface area contributed by atoms with Crippen molar-refractivity contribution in [3.63, 3.8) is 0 Å². The van der Waals surface area contributed by atoms with Crippen LogP contribution in [-0.4, -0.2) is 37.9 Å². The average molecular weight is 334 g/mol. The van der Waals surface area contributed by atoms with Gasteiger partial charge in [-0.3, -0.25) is 4.79 Å². The molecule has 1 heterocycles. The number of amides is 2. The molecule has 0 fully saturated rings. The van der Waals surface area contributed by atoms with Gasteiger partial charge in [-0.25, -0.2) is 4.79 Å². The molecule has 0 saturated heterocycles. The van der Waals surface area contributed by atoms with Crippen molar-refractivity contribution in [1.29, 1.82) is 0 Å². The molecule has 132 valence electrons. The van der Waals surface area contributed by atoms with Crippen LogP contribution in [0.5, 0.6) is 0 Å². The van der Waals surface area contributed by atoms with Gasteiger partial charge in [-0.15, -0.1) is 0 Å². The van der Waals surface area contributed by atoms with E-state index in [9.17, 15) is 9.59 Å². The van der Waals surface area contributed by atoms with Gasteiger partial charge >= 0.3 is 6.09 Å². The van der Waals surface area contributed by atoms with Crippen LogP contribution in [-0.2, 0) is 27.2 Å². The van der Waals surface area contributed by atoms with Gasteiger partial charge in [0.25, 0.3) is 5.91 Å².